The van der Waals surface area contributed by atoms with Gasteiger partial charge in [-0.2, -0.15) is 18.4 Å². The summed E-state index contributed by atoms with van der Waals surface area (Å²) in [6.07, 6.45) is -12.4. The average Bonchev–Trinajstić information content (AvgIpc) is 3.08. The monoisotopic (exact) mass is 551 g/mol. The van der Waals surface area contributed by atoms with E-state index in [1.165, 1.54) is 44.3 Å². The number of hydrogen-bond acceptors (Lipinski definition) is 9. The first kappa shape index (κ1) is 28.3. The molecular weight excluding hydrogens is 527 g/mol. The molecule has 2 saturated heterocycles. The molecular formula is C25H24F3N3O8. The van der Waals surface area contributed by atoms with Crippen LogP contribution in [0.2, 0.25) is 0 Å². The van der Waals surface area contributed by atoms with Gasteiger partial charge >= 0.3 is 12.2 Å². The van der Waals surface area contributed by atoms with Crippen molar-refractivity contribution in [3.8, 4) is 11.8 Å². The molecule has 2 aromatic rings. The molecule has 1 unspecified atom stereocenters. The van der Waals surface area contributed by atoms with Crippen LogP contribution in [0.3, 0.4) is 0 Å². The van der Waals surface area contributed by atoms with Crippen molar-refractivity contribution in [1.29, 1.82) is 5.26 Å². The van der Waals surface area contributed by atoms with Gasteiger partial charge in [0.1, 0.15) is 35.7 Å². The number of carbonyl (C=O) groups excluding carboxylic acids is 2. The number of nitriles is 1. The molecule has 0 bridgehead atoms. The third-order valence-electron chi connectivity index (χ3n) is 6.97. The number of aliphatic hydroxyl groups excluding tert-OH is 4. The molecule has 6 atom stereocenters. The number of urea groups is 1. The molecule has 0 radical (unpaired) electrons. The van der Waals surface area contributed by atoms with Crippen molar-refractivity contribution in [2.75, 3.05) is 18.6 Å². The quantitative estimate of drug-likeness (QED) is 0.398. The van der Waals surface area contributed by atoms with E-state index in [4.69, 9.17) is 14.7 Å². The molecule has 2 aliphatic heterocycles. The zero-order valence-electron chi connectivity index (χ0n) is 20.5. The van der Waals surface area contributed by atoms with Crippen LogP contribution in [-0.2, 0) is 21.2 Å². The van der Waals surface area contributed by atoms with Crippen LogP contribution >= 0.6 is 0 Å². The van der Waals surface area contributed by atoms with Crippen LogP contribution in [0.15, 0.2) is 42.5 Å². The molecule has 2 fully saturated rings. The molecule has 14 heteroatoms. The van der Waals surface area contributed by atoms with E-state index in [9.17, 15) is 43.2 Å². The fraction of sp³-hybridized carbons (Fsp3) is 0.400. The van der Waals surface area contributed by atoms with Crippen molar-refractivity contribution in [3.63, 3.8) is 0 Å². The van der Waals surface area contributed by atoms with E-state index in [-0.39, 0.29) is 17.0 Å². The number of rotatable bonds is 5. The highest BCUT2D eigenvalue weighted by molar-refractivity contribution is 6.23. The molecule has 0 aromatic heterocycles. The first-order chi connectivity index (χ1) is 18.2. The van der Waals surface area contributed by atoms with Crippen LogP contribution in [0.1, 0.15) is 23.6 Å². The van der Waals surface area contributed by atoms with E-state index in [0.717, 1.165) is 17.0 Å². The highest BCUT2D eigenvalue weighted by atomic mass is 19.4. The Labute approximate surface area is 219 Å². The number of halogens is 3. The zero-order valence-corrected chi connectivity index (χ0v) is 20.5. The summed E-state index contributed by atoms with van der Waals surface area (Å²) in [6, 6.07) is 8.70. The lowest BCUT2D eigenvalue weighted by molar-refractivity contribution is -0.277. The second-order valence-electron chi connectivity index (χ2n) is 9.23. The lowest BCUT2D eigenvalue weighted by atomic mass is 9.90. The Morgan fingerprint density at radius 3 is 2.28 bits per heavy atom. The molecule has 4 N–H and O–H groups in total. The van der Waals surface area contributed by atoms with E-state index >= 15 is 0 Å². The molecule has 0 saturated carbocycles. The Balaban J connectivity index is 1.60. The number of ether oxygens (including phenoxy) is 2. The van der Waals surface area contributed by atoms with Crippen molar-refractivity contribution in [2.24, 2.45) is 0 Å². The maximum absolute atomic E-state index is 13.5. The summed E-state index contributed by atoms with van der Waals surface area (Å²) in [5, 5.41) is 48.3. The van der Waals surface area contributed by atoms with Gasteiger partial charge in [0.05, 0.1) is 29.5 Å². The standard InChI is InChI=1S/C25H24F3N3O8/c1-24(13-4-7-15(8-5-13)38-21-20(35)19(34)18(33)17(11-32)39-21)22(36)31(23(37)30(24)2)14-6-3-12(10-29)16(9-14)25(26,27)28/h3-9,17-21,32-35H,11H2,1-2H3/t17-,18-,19+,20-,21-,24?/m1/s1. The minimum Gasteiger partial charge on any atom is -0.462 e. The number of likely N-dealkylation sites (N-methyl/N-ethyl adjacent to an activating group) is 1. The molecule has 2 heterocycles. The number of hydrogen-bond donors (Lipinski definition) is 4. The van der Waals surface area contributed by atoms with Crippen molar-refractivity contribution >= 4 is 17.6 Å². The summed E-state index contributed by atoms with van der Waals surface area (Å²) in [4.78, 5) is 28.2. The SMILES string of the molecule is CN1C(=O)N(c2ccc(C#N)c(C(F)(F)F)c2)C(=O)C1(C)c1ccc(O[C@@H]2O[C@H](CO)[C@@H](O)[C@H](O)[C@H]2O)cc1. The third kappa shape index (κ3) is 4.68. The number of carbonyl (C=O) groups is 2. The number of alkyl halides is 3. The maximum Gasteiger partial charge on any atom is 0.417 e. The van der Waals surface area contributed by atoms with Crippen LogP contribution in [0.5, 0.6) is 5.75 Å². The molecule has 2 aliphatic rings. The molecule has 2 aromatic carbocycles. The third-order valence-corrected chi connectivity index (χ3v) is 6.97. The Kier molecular flexibility index (Phi) is 7.32. The topological polar surface area (TPSA) is 164 Å². The number of benzene rings is 2. The summed E-state index contributed by atoms with van der Waals surface area (Å²) in [5.74, 6) is -0.736. The van der Waals surface area contributed by atoms with Gasteiger partial charge in [-0.05, 0) is 42.8 Å². The molecule has 4 rings (SSSR count). The van der Waals surface area contributed by atoms with Gasteiger partial charge in [0, 0.05) is 7.05 Å². The van der Waals surface area contributed by atoms with E-state index in [0.29, 0.717) is 11.0 Å². The van der Waals surface area contributed by atoms with Gasteiger partial charge in [0.15, 0.2) is 0 Å². The number of nitrogens with zero attached hydrogens (tertiary/aromatic N) is 3. The van der Waals surface area contributed by atoms with Crippen LogP contribution in [-0.4, -0.2) is 81.6 Å². The van der Waals surface area contributed by atoms with Crippen molar-refractivity contribution in [3.05, 3.63) is 59.2 Å². The minimum absolute atomic E-state index is 0.102. The van der Waals surface area contributed by atoms with E-state index in [1.807, 2.05) is 0 Å². The second-order valence-corrected chi connectivity index (χ2v) is 9.23. The first-order valence-corrected chi connectivity index (χ1v) is 11.6. The summed E-state index contributed by atoms with van der Waals surface area (Å²) in [6.45, 7) is 0.764. The summed E-state index contributed by atoms with van der Waals surface area (Å²) in [5.41, 5.74) is -3.65. The largest absolute Gasteiger partial charge is 0.462 e. The van der Waals surface area contributed by atoms with Gasteiger partial charge in [-0.3, -0.25) is 4.79 Å². The predicted octanol–water partition coefficient (Wildman–Crippen LogP) is 1.07. The molecule has 208 valence electrons. The normalized spacial score (nSPS) is 29.5. The lowest BCUT2D eigenvalue weighted by Gasteiger charge is -2.39. The highest BCUT2D eigenvalue weighted by Crippen LogP contribution is 2.41. The van der Waals surface area contributed by atoms with E-state index in [1.54, 1.807) is 0 Å². The van der Waals surface area contributed by atoms with Crippen LogP contribution in [0, 0.1) is 11.3 Å². The fourth-order valence-corrected chi connectivity index (χ4v) is 4.49. The van der Waals surface area contributed by atoms with Crippen molar-refractivity contribution in [1.82, 2.24) is 4.90 Å². The van der Waals surface area contributed by atoms with Crippen LogP contribution in [0.4, 0.5) is 23.7 Å². The molecule has 0 spiro atoms. The van der Waals surface area contributed by atoms with Gasteiger partial charge < -0.3 is 34.8 Å². The summed E-state index contributed by atoms with van der Waals surface area (Å²) >= 11 is 0. The Bertz CT molecular complexity index is 1310. The highest BCUT2D eigenvalue weighted by Gasteiger charge is 2.54. The number of anilines is 1. The zero-order chi connectivity index (χ0) is 28.9. The number of imide groups is 1. The Morgan fingerprint density at radius 1 is 1.08 bits per heavy atom. The van der Waals surface area contributed by atoms with Gasteiger partial charge in [-0.15, -0.1) is 0 Å². The van der Waals surface area contributed by atoms with Crippen LogP contribution < -0.4 is 9.64 Å². The summed E-state index contributed by atoms with van der Waals surface area (Å²) in [7, 11) is 1.31. The van der Waals surface area contributed by atoms with Gasteiger partial charge in [0.25, 0.3) is 5.91 Å². The van der Waals surface area contributed by atoms with Gasteiger partial charge in [-0.1, -0.05) is 12.1 Å². The minimum atomic E-state index is -4.89. The smallest absolute Gasteiger partial charge is 0.417 e. The molecule has 39 heavy (non-hydrogen) atoms. The lowest BCUT2D eigenvalue weighted by Crippen LogP contribution is -2.60. The van der Waals surface area contributed by atoms with Gasteiger partial charge in [-0.25, -0.2) is 9.69 Å². The van der Waals surface area contributed by atoms with Crippen molar-refractivity contribution in [2.45, 2.75) is 49.3 Å². The Hall–Kier alpha value is -3.74. The number of amides is 3. The van der Waals surface area contributed by atoms with Crippen LogP contribution in [0.25, 0.3) is 0 Å². The van der Waals surface area contributed by atoms with E-state index < -0.39 is 72.1 Å². The first-order valence-electron chi connectivity index (χ1n) is 11.6. The van der Waals surface area contributed by atoms with Crippen molar-refractivity contribution < 1.29 is 52.7 Å². The summed E-state index contributed by atoms with van der Waals surface area (Å²) < 4.78 is 51.3. The number of aliphatic hydroxyl groups is 4. The average molecular weight is 551 g/mol. The second kappa shape index (κ2) is 10.1. The molecule has 11 nitrogen and oxygen atoms in total. The predicted molar refractivity (Wildman–Crippen MR) is 125 cm³/mol. The fourth-order valence-electron chi connectivity index (χ4n) is 4.49. The molecule has 3 amide bonds. The maximum atomic E-state index is 13.5. The molecule has 0 aliphatic carbocycles. The van der Waals surface area contributed by atoms with E-state index in [2.05, 4.69) is 0 Å². The van der Waals surface area contributed by atoms with Gasteiger partial charge in [0.2, 0.25) is 6.29 Å². The Morgan fingerprint density at radius 2 is 1.72 bits per heavy atom.